The van der Waals surface area contributed by atoms with Gasteiger partial charge in [-0.2, -0.15) is 5.10 Å². The van der Waals surface area contributed by atoms with Gasteiger partial charge in [0.05, 0.1) is 23.0 Å². The predicted octanol–water partition coefficient (Wildman–Crippen LogP) is 7.30. The van der Waals surface area contributed by atoms with Gasteiger partial charge in [-0.1, -0.05) is 53.0 Å². The van der Waals surface area contributed by atoms with E-state index < -0.39 is 5.60 Å². The van der Waals surface area contributed by atoms with Crippen molar-refractivity contribution in [2.45, 2.75) is 26.4 Å². The van der Waals surface area contributed by atoms with Crippen LogP contribution in [-0.2, 0) is 10.3 Å². The summed E-state index contributed by atoms with van der Waals surface area (Å²) in [5, 5.41) is 14.9. The lowest BCUT2D eigenvalue weighted by molar-refractivity contribution is -0.0249. The van der Waals surface area contributed by atoms with E-state index in [0.717, 1.165) is 16.8 Å². The molecule has 0 radical (unpaired) electrons. The van der Waals surface area contributed by atoms with Crippen molar-refractivity contribution >= 4 is 34.8 Å². The van der Waals surface area contributed by atoms with E-state index in [2.05, 4.69) is 16.8 Å². The van der Waals surface area contributed by atoms with Crippen LogP contribution in [0.5, 0.6) is 0 Å². The monoisotopic (exact) mass is 502 g/mol. The first-order chi connectivity index (χ1) is 15.7. The zero-order chi connectivity index (χ0) is 23.8. The van der Waals surface area contributed by atoms with E-state index in [-0.39, 0.29) is 5.89 Å². The first kappa shape index (κ1) is 23.5. The second kappa shape index (κ2) is 9.31. The summed E-state index contributed by atoms with van der Waals surface area (Å²) in [6, 6.07) is 12.7. The van der Waals surface area contributed by atoms with Gasteiger partial charge in [-0.3, -0.25) is 0 Å². The van der Waals surface area contributed by atoms with Gasteiger partial charge in [0.2, 0.25) is 5.89 Å². The molecule has 0 saturated heterocycles. The molecule has 33 heavy (non-hydrogen) atoms. The first-order valence-electron chi connectivity index (χ1n) is 10.1. The first-order valence-corrected chi connectivity index (χ1v) is 11.2. The molecule has 0 atom stereocenters. The van der Waals surface area contributed by atoms with E-state index >= 15 is 0 Å². The van der Waals surface area contributed by atoms with Crippen LogP contribution in [0.25, 0.3) is 28.5 Å². The lowest BCUT2D eigenvalue weighted by Crippen LogP contribution is -2.22. The molecule has 170 valence electrons. The van der Waals surface area contributed by atoms with Gasteiger partial charge < -0.3 is 9.15 Å². The van der Waals surface area contributed by atoms with E-state index in [1.54, 1.807) is 22.9 Å². The van der Waals surface area contributed by atoms with Crippen molar-refractivity contribution in [2.24, 2.45) is 0 Å². The van der Waals surface area contributed by atoms with Gasteiger partial charge >= 0.3 is 0 Å². The number of aromatic nitrogens is 4. The predicted molar refractivity (Wildman–Crippen MR) is 131 cm³/mol. The minimum atomic E-state index is -0.783. The Morgan fingerprint density at radius 2 is 1.76 bits per heavy atom. The van der Waals surface area contributed by atoms with Crippen molar-refractivity contribution in [2.75, 3.05) is 6.61 Å². The molecule has 0 amide bonds. The molecule has 0 aliphatic rings. The number of ether oxygens (including phenoxy) is 1. The fourth-order valence-electron chi connectivity index (χ4n) is 3.36. The number of hydrogen-bond donors (Lipinski definition) is 0. The Balaban J connectivity index is 1.87. The van der Waals surface area contributed by atoms with Crippen LogP contribution in [0.3, 0.4) is 0 Å². The van der Waals surface area contributed by atoms with Gasteiger partial charge in [-0.15, -0.1) is 16.8 Å². The highest BCUT2D eigenvalue weighted by atomic mass is 35.5. The van der Waals surface area contributed by atoms with Gasteiger partial charge in [-0.25, -0.2) is 4.68 Å². The van der Waals surface area contributed by atoms with E-state index in [0.29, 0.717) is 38.9 Å². The molecule has 2 aromatic heterocycles. The summed E-state index contributed by atoms with van der Waals surface area (Å²) in [7, 11) is 0. The molecule has 6 nitrogen and oxygen atoms in total. The van der Waals surface area contributed by atoms with Crippen LogP contribution in [-0.4, -0.2) is 26.6 Å². The Kier molecular flexibility index (Phi) is 6.64. The second-order valence-corrected chi connectivity index (χ2v) is 9.14. The molecule has 9 heteroatoms. The lowest BCUT2D eigenvalue weighted by atomic mass is 10.1. The molecule has 4 aromatic rings. The molecule has 0 bridgehead atoms. The zero-order valence-corrected chi connectivity index (χ0v) is 20.5. The van der Waals surface area contributed by atoms with Crippen molar-refractivity contribution in [3.63, 3.8) is 0 Å². The minimum absolute atomic E-state index is 0.275. The van der Waals surface area contributed by atoms with Crippen LogP contribution in [0.2, 0.25) is 15.1 Å². The molecular formula is C24H21Cl3N4O2. The molecule has 2 aromatic carbocycles. The summed E-state index contributed by atoms with van der Waals surface area (Å²) in [5.74, 6) is 0.614. The smallest absolute Gasteiger partial charge is 0.268 e. The summed E-state index contributed by atoms with van der Waals surface area (Å²) < 4.78 is 13.5. The van der Waals surface area contributed by atoms with Crippen LogP contribution >= 0.6 is 34.8 Å². The average Bonchev–Trinajstić information content (AvgIpc) is 3.39. The number of nitrogens with zero attached hydrogens (tertiary/aromatic N) is 4. The summed E-state index contributed by atoms with van der Waals surface area (Å²) >= 11 is 18.8. The molecule has 0 N–H and O–H groups in total. The molecule has 0 fully saturated rings. The maximum Gasteiger partial charge on any atom is 0.268 e. The normalized spacial score (nSPS) is 11.7. The van der Waals surface area contributed by atoms with Gasteiger partial charge in [0.25, 0.3) is 5.89 Å². The Morgan fingerprint density at radius 3 is 2.42 bits per heavy atom. The van der Waals surface area contributed by atoms with Crippen LogP contribution in [0.4, 0.5) is 0 Å². The second-order valence-electron chi connectivity index (χ2n) is 7.86. The van der Waals surface area contributed by atoms with Crippen molar-refractivity contribution < 1.29 is 9.15 Å². The Hall–Kier alpha value is -2.64. The Morgan fingerprint density at radius 1 is 1.06 bits per heavy atom. The van der Waals surface area contributed by atoms with E-state index in [1.165, 1.54) is 0 Å². The van der Waals surface area contributed by atoms with Crippen LogP contribution < -0.4 is 0 Å². The molecule has 0 unspecified atom stereocenters. The maximum absolute atomic E-state index is 6.53. The van der Waals surface area contributed by atoms with Gasteiger partial charge in [0.1, 0.15) is 5.60 Å². The molecular weight excluding hydrogens is 483 g/mol. The van der Waals surface area contributed by atoms with Crippen LogP contribution in [0.1, 0.15) is 25.3 Å². The summed E-state index contributed by atoms with van der Waals surface area (Å²) in [5.41, 5.74) is 2.96. The molecule has 2 heterocycles. The van der Waals surface area contributed by atoms with Crippen molar-refractivity contribution in [3.8, 4) is 28.5 Å². The van der Waals surface area contributed by atoms with Gasteiger partial charge in [0, 0.05) is 21.2 Å². The van der Waals surface area contributed by atoms with E-state index in [1.807, 2.05) is 51.1 Å². The third-order valence-electron chi connectivity index (χ3n) is 5.08. The maximum atomic E-state index is 6.53. The number of hydrogen-bond acceptors (Lipinski definition) is 5. The fourth-order valence-corrected chi connectivity index (χ4v) is 3.98. The fraction of sp³-hybridized carbons (Fsp3) is 0.208. The third kappa shape index (κ3) is 4.70. The molecule has 0 saturated carbocycles. The topological polar surface area (TPSA) is 66.0 Å². The number of benzene rings is 2. The summed E-state index contributed by atoms with van der Waals surface area (Å²) in [6.45, 7) is 9.68. The van der Waals surface area contributed by atoms with Crippen LogP contribution in [0, 0.1) is 6.92 Å². The van der Waals surface area contributed by atoms with E-state index in [4.69, 9.17) is 49.1 Å². The highest BCUT2D eigenvalue weighted by molar-refractivity contribution is 6.35. The molecule has 0 spiro atoms. The average molecular weight is 504 g/mol. The quantitative estimate of drug-likeness (QED) is 0.248. The lowest BCUT2D eigenvalue weighted by Gasteiger charge is -2.19. The number of halogens is 3. The van der Waals surface area contributed by atoms with Crippen LogP contribution in [0.15, 0.2) is 59.5 Å². The zero-order valence-electron chi connectivity index (χ0n) is 18.3. The largest absolute Gasteiger partial charge is 0.416 e. The van der Waals surface area contributed by atoms with Gasteiger partial charge in [-0.05, 0) is 51.1 Å². The molecule has 0 aliphatic carbocycles. The molecule has 0 aliphatic heterocycles. The highest BCUT2D eigenvalue weighted by Crippen LogP contribution is 2.37. The minimum Gasteiger partial charge on any atom is -0.416 e. The highest BCUT2D eigenvalue weighted by Gasteiger charge is 2.30. The molecule has 4 rings (SSSR count). The Labute approximate surface area is 206 Å². The van der Waals surface area contributed by atoms with E-state index in [9.17, 15) is 0 Å². The standard InChI is InChI=1S/C24H21Cl3N4O2/c1-5-12-32-24(3,4)23-29-28-22(33-23)20-14(2)21(15-6-8-16(25)9-7-15)31(30-20)19-11-10-17(26)13-18(19)27/h5-11,13H,1,12H2,2-4H3. The summed E-state index contributed by atoms with van der Waals surface area (Å²) in [4.78, 5) is 0. The van der Waals surface area contributed by atoms with Crippen molar-refractivity contribution in [1.29, 1.82) is 0 Å². The SMILES string of the molecule is C=CCOC(C)(C)c1nnc(-c2nn(-c3ccc(Cl)cc3Cl)c(-c3ccc(Cl)cc3)c2C)o1. The van der Waals surface area contributed by atoms with Crippen molar-refractivity contribution in [1.82, 2.24) is 20.0 Å². The van der Waals surface area contributed by atoms with Crippen molar-refractivity contribution in [3.05, 3.63) is 81.6 Å². The number of rotatable bonds is 7. The van der Waals surface area contributed by atoms with Gasteiger partial charge in [0.15, 0.2) is 5.69 Å². The third-order valence-corrected chi connectivity index (χ3v) is 5.87. The summed E-state index contributed by atoms with van der Waals surface area (Å²) in [6.07, 6.45) is 1.67. The Bertz CT molecular complexity index is 1310.